The van der Waals surface area contributed by atoms with Crippen molar-refractivity contribution in [1.29, 1.82) is 0 Å². The second-order valence-corrected chi connectivity index (χ2v) is 6.25. The lowest BCUT2D eigenvalue weighted by Gasteiger charge is -2.03. The lowest BCUT2D eigenvalue weighted by Crippen LogP contribution is -2.11. The van der Waals surface area contributed by atoms with Crippen molar-refractivity contribution in [3.05, 3.63) is 63.8 Å². The van der Waals surface area contributed by atoms with Gasteiger partial charge in [-0.25, -0.2) is 4.98 Å². The Morgan fingerprint density at radius 1 is 1.22 bits per heavy atom. The molecule has 0 radical (unpaired) electrons. The molecule has 0 aliphatic rings. The molecule has 3 heterocycles. The molecule has 0 amide bonds. The topological polar surface area (TPSA) is 75.9 Å². The van der Waals surface area contributed by atoms with Gasteiger partial charge in [0.1, 0.15) is 5.82 Å². The third-order valence-corrected chi connectivity index (χ3v) is 4.53. The smallest absolute Gasteiger partial charge is 0.258 e. The first-order valence-electron chi connectivity index (χ1n) is 6.82. The van der Waals surface area contributed by atoms with Crippen LogP contribution >= 0.6 is 23.4 Å². The maximum Gasteiger partial charge on any atom is 0.258 e. The summed E-state index contributed by atoms with van der Waals surface area (Å²) in [7, 11) is 0. The Kier molecular flexibility index (Phi) is 3.51. The number of hydrogen-bond acceptors (Lipinski definition) is 5. The van der Waals surface area contributed by atoms with E-state index in [4.69, 9.17) is 11.6 Å². The van der Waals surface area contributed by atoms with Crippen molar-refractivity contribution >= 4 is 39.9 Å². The van der Waals surface area contributed by atoms with E-state index in [0.717, 1.165) is 10.8 Å². The first-order chi connectivity index (χ1) is 11.2. The summed E-state index contributed by atoms with van der Waals surface area (Å²) in [5.74, 6) is 1.05. The van der Waals surface area contributed by atoms with Gasteiger partial charge in [-0.2, -0.15) is 0 Å². The van der Waals surface area contributed by atoms with Crippen LogP contribution in [0, 0.1) is 0 Å². The highest BCUT2D eigenvalue weighted by Crippen LogP contribution is 2.21. The standard InChI is InChI=1S/C15H10ClN5OS/c16-9-4-5-10-11(7-9)17-12(18-14(10)22)8-23-15-20-19-13-3-1-2-6-21(13)15/h1-7H,8H2,(H,17,18,22). The molecule has 8 heteroatoms. The lowest BCUT2D eigenvalue weighted by atomic mass is 10.2. The second kappa shape index (κ2) is 5.68. The fourth-order valence-corrected chi connectivity index (χ4v) is 3.24. The largest absolute Gasteiger partial charge is 0.309 e. The van der Waals surface area contributed by atoms with Crippen molar-refractivity contribution < 1.29 is 0 Å². The SMILES string of the molecule is O=c1[nH]c(CSc2nnc3ccccn23)nc2cc(Cl)ccc12. The average molecular weight is 344 g/mol. The van der Waals surface area contributed by atoms with Crippen LogP contribution in [0.3, 0.4) is 0 Å². The maximum absolute atomic E-state index is 12.1. The van der Waals surface area contributed by atoms with Crippen LogP contribution in [0.25, 0.3) is 16.6 Å². The molecule has 0 atom stereocenters. The number of H-pyrrole nitrogens is 1. The number of benzene rings is 1. The minimum atomic E-state index is -0.173. The van der Waals surface area contributed by atoms with Crippen molar-refractivity contribution in [3.8, 4) is 0 Å². The molecule has 0 unspecified atom stereocenters. The monoisotopic (exact) mass is 343 g/mol. The van der Waals surface area contributed by atoms with Crippen LogP contribution in [0.2, 0.25) is 5.02 Å². The van der Waals surface area contributed by atoms with Gasteiger partial charge in [0.15, 0.2) is 10.8 Å². The number of thioether (sulfide) groups is 1. The molecule has 0 fully saturated rings. The van der Waals surface area contributed by atoms with Crippen LogP contribution in [0.1, 0.15) is 5.82 Å². The highest BCUT2D eigenvalue weighted by molar-refractivity contribution is 7.98. The van der Waals surface area contributed by atoms with Gasteiger partial charge in [0.2, 0.25) is 0 Å². The minimum Gasteiger partial charge on any atom is -0.309 e. The van der Waals surface area contributed by atoms with Crippen LogP contribution in [-0.2, 0) is 5.75 Å². The van der Waals surface area contributed by atoms with Crippen LogP contribution in [0.4, 0.5) is 0 Å². The fourth-order valence-electron chi connectivity index (χ4n) is 2.28. The number of aromatic amines is 1. The summed E-state index contributed by atoms with van der Waals surface area (Å²) in [5, 5.41) is 10.1. The summed E-state index contributed by atoms with van der Waals surface area (Å²) in [6, 6.07) is 10.7. The zero-order valence-electron chi connectivity index (χ0n) is 11.7. The molecule has 1 aromatic carbocycles. The number of fused-ring (bicyclic) bond motifs is 2. The quantitative estimate of drug-likeness (QED) is 0.579. The van der Waals surface area contributed by atoms with Gasteiger partial charge < -0.3 is 4.98 Å². The molecule has 4 rings (SSSR count). The third-order valence-electron chi connectivity index (χ3n) is 3.34. The van der Waals surface area contributed by atoms with Gasteiger partial charge in [-0.3, -0.25) is 9.20 Å². The van der Waals surface area contributed by atoms with E-state index >= 15 is 0 Å². The molecule has 0 aliphatic heterocycles. The van der Waals surface area contributed by atoms with E-state index in [2.05, 4.69) is 20.2 Å². The molecule has 4 aromatic rings. The maximum atomic E-state index is 12.1. The lowest BCUT2D eigenvalue weighted by molar-refractivity contribution is 0.917. The number of nitrogens with zero attached hydrogens (tertiary/aromatic N) is 4. The number of aromatic nitrogens is 5. The van der Waals surface area contributed by atoms with Crippen LogP contribution in [0.15, 0.2) is 52.5 Å². The van der Waals surface area contributed by atoms with Crippen LogP contribution in [-0.4, -0.2) is 24.6 Å². The van der Waals surface area contributed by atoms with Crippen molar-refractivity contribution in [2.75, 3.05) is 0 Å². The van der Waals surface area contributed by atoms with Gasteiger partial charge >= 0.3 is 0 Å². The Labute approximate surface area is 139 Å². The highest BCUT2D eigenvalue weighted by Gasteiger charge is 2.08. The molecule has 1 N–H and O–H groups in total. The molecular formula is C15H10ClN5OS. The minimum absolute atomic E-state index is 0.173. The Bertz CT molecular complexity index is 1070. The predicted molar refractivity (Wildman–Crippen MR) is 89.9 cm³/mol. The molecule has 114 valence electrons. The molecule has 0 saturated heterocycles. The van der Waals surface area contributed by atoms with E-state index in [9.17, 15) is 4.79 Å². The second-order valence-electron chi connectivity index (χ2n) is 4.87. The van der Waals surface area contributed by atoms with E-state index in [1.807, 2.05) is 28.8 Å². The van der Waals surface area contributed by atoms with Crippen molar-refractivity contribution in [1.82, 2.24) is 24.6 Å². The molecule has 0 bridgehead atoms. The van der Waals surface area contributed by atoms with Crippen LogP contribution in [0.5, 0.6) is 0 Å². The molecular weight excluding hydrogens is 334 g/mol. The number of hydrogen-bond donors (Lipinski definition) is 1. The summed E-state index contributed by atoms with van der Waals surface area (Å²) in [4.78, 5) is 19.4. The first-order valence-corrected chi connectivity index (χ1v) is 8.18. The molecule has 3 aromatic heterocycles. The molecule has 0 saturated carbocycles. The van der Waals surface area contributed by atoms with E-state index in [-0.39, 0.29) is 5.56 Å². The molecule has 0 aliphatic carbocycles. The molecule has 6 nitrogen and oxygen atoms in total. The molecule has 23 heavy (non-hydrogen) atoms. The van der Waals surface area contributed by atoms with Crippen LogP contribution < -0.4 is 5.56 Å². The van der Waals surface area contributed by atoms with Crippen molar-refractivity contribution in [3.63, 3.8) is 0 Å². The Morgan fingerprint density at radius 2 is 2.13 bits per heavy atom. The van der Waals surface area contributed by atoms with Crippen molar-refractivity contribution in [2.24, 2.45) is 0 Å². The Balaban J connectivity index is 1.66. The number of halogens is 1. The summed E-state index contributed by atoms with van der Waals surface area (Å²) < 4.78 is 1.89. The number of pyridine rings is 1. The Hall–Kier alpha value is -2.38. The first kappa shape index (κ1) is 14.2. The molecule has 0 spiro atoms. The van der Waals surface area contributed by atoms with Gasteiger partial charge in [0, 0.05) is 11.2 Å². The van der Waals surface area contributed by atoms with E-state index in [1.54, 1.807) is 18.2 Å². The number of rotatable bonds is 3. The fraction of sp³-hybridized carbons (Fsp3) is 0.0667. The van der Waals surface area contributed by atoms with Gasteiger partial charge in [0.25, 0.3) is 5.56 Å². The summed E-state index contributed by atoms with van der Waals surface area (Å²) in [6.07, 6.45) is 1.90. The van der Waals surface area contributed by atoms with Crippen molar-refractivity contribution in [2.45, 2.75) is 10.9 Å². The summed E-state index contributed by atoms with van der Waals surface area (Å²) in [6.45, 7) is 0. The number of nitrogens with one attached hydrogen (secondary N) is 1. The highest BCUT2D eigenvalue weighted by atomic mass is 35.5. The van der Waals surface area contributed by atoms with E-state index < -0.39 is 0 Å². The normalized spacial score (nSPS) is 11.3. The zero-order valence-corrected chi connectivity index (χ0v) is 13.3. The third kappa shape index (κ3) is 2.69. The van der Waals surface area contributed by atoms with Gasteiger partial charge in [0.05, 0.1) is 16.7 Å². The van der Waals surface area contributed by atoms with Gasteiger partial charge in [-0.15, -0.1) is 10.2 Å². The zero-order chi connectivity index (χ0) is 15.8. The summed E-state index contributed by atoms with van der Waals surface area (Å²) in [5.41, 5.74) is 1.19. The van der Waals surface area contributed by atoms with Gasteiger partial charge in [-0.1, -0.05) is 29.4 Å². The van der Waals surface area contributed by atoms with E-state index in [1.165, 1.54) is 11.8 Å². The average Bonchev–Trinajstić information content (AvgIpc) is 2.96. The Morgan fingerprint density at radius 3 is 3.04 bits per heavy atom. The predicted octanol–water partition coefficient (Wildman–Crippen LogP) is 2.91. The van der Waals surface area contributed by atoms with E-state index in [0.29, 0.717) is 27.5 Å². The van der Waals surface area contributed by atoms with Gasteiger partial charge in [-0.05, 0) is 30.3 Å². The summed E-state index contributed by atoms with van der Waals surface area (Å²) >= 11 is 7.42.